The molecular weight excluding hydrogens is 269 g/mol. The molecule has 0 atom stereocenters. The average molecular weight is 287 g/mol. The van der Waals surface area contributed by atoms with Crippen LogP contribution in [0.4, 0.5) is 18.9 Å². The van der Waals surface area contributed by atoms with Crippen molar-refractivity contribution < 1.29 is 17.9 Å². The molecule has 1 aliphatic rings. The highest BCUT2D eigenvalue weighted by Crippen LogP contribution is 2.29. The third-order valence-electron chi connectivity index (χ3n) is 3.21. The number of benzene rings is 1. The van der Waals surface area contributed by atoms with Crippen LogP contribution in [-0.2, 0) is 10.9 Å². The minimum atomic E-state index is -4.30. The smallest absolute Gasteiger partial charge is 0.384 e. The fourth-order valence-electron chi connectivity index (χ4n) is 2.06. The summed E-state index contributed by atoms with van der Waals surface area (Å²) in [5.41, 5.74) is -0.0728. The topological polar surface area (TPSA) is 24.5 Å². The summed E-state index contributed by atoms with van der Waals surface area (Å²) in [7, 11) is 0. The monoisotopic (exact) mass is 287 g/mol. The zero-order valence-electron chi connectivity index (χ0n) is 11.2. The van der Waals surface area contributed by atoms with E-state index in [9.17, 15) is 13.2 Å². The quantitative estimate of drug-likeness (QED) is 0.843. The van der Waals surface area contributed by atoms with Crippen LogP contribution in [0.2, 0.25) is 0 Å². The fraction of sp³-hybridized carbons (Fsp3) is 0.571. The lowest BCUT2D eigenvalue weighted by Gasteiger charge is -2.26. The van der Waals surface area contributed by atoms with Crippen molar-refractivity contribution in [1.82, 2.24) is 4.90 Å². The number of rotatable bonds is 5. The van der Waals surface area contributed by atoms with Gasteiger partial charge >= 0.3 is 6.18 Å². The molecule has 0 amide bonds. The lowest BCUT2D eigenvalue weighted by atomic mass is 10.2. The first-order chi connectivity index (χ1) is 9.55. The van der Waals surface area contributed by atoms with Crippen molar-refractivity contribution in [2.24, 2.45) is 0 Å². The molecule has 1 heterocycles. The van der Waals surface area contributed by atoms with Crippen LogP contribution in [0, 0.1) is 6.07 Å². The van der Waals surface area contributed by atoms with Gasteiger partial charge in [0.25, 0.3) is 0 Å². The van der Waals surface area contributed by atoms with Crippen molar-refractivity contribution in [1.29, 1.82) is 0 Å². The summed E-state index contributed by atoms with van der Waals surface area (Å²) in [6, 6.07) is 6.08. The second-order valence-corrected chi connectivity index (χ2v) is 4.72. The Bertz CT molecular complexity index is 400. The SMILES string of the molecule is FC(F)(F)c1c[c]c(NCCCN2CCOCC2)cc1. The van der Waals surface area contributed by atoms with Gasteiger partial charge in [0, 0.05) is 31.4 Å². The van der Waals surface area contributed by atoms with Gasteiger partial charge in [0.15, 0.2) is 0 Å². The number of morpholine rings is 1. The molecule has 2 rings (SSSR count). The van der Waals surface area contributed by atoms with Gasteiger partial charge < -0.3 is 10.1 Å². The Kier molecular flexibility index (Phi) is 5.25. The second-order valence-electron chi connectivity index (χ2n) is 4.72. The number of halogens is 3. The minimum absolute atomic E-state index is 0.597. The van der Waals surface area contributed by atoms with E-state index in [-0.39, 0.29) is 0 Å². The predicted octanol–water partition coefficient (Wildman–Crippen LogP) is 2.64. The highest BCUT2D eigenvalue weighted by atomic mass is 19.4. The van der Waals surface area contributed by atoms with Crippen LogP contribution in [0.3, 0.4) is 0 Å². The Morgan fingerprint density at radius 3 is 2.60 bits per heavy atom. The molecule has 111 valence electrons. The zero-order chi connectivity index (χ0) is 14.4. The standard InChI is InChI=1S/C14H18F3N2O/c15-14(16,17)12-2-4-13(5-3-12)18-6-1-7-19-8-10-20-11-9-19/h2-4,18H,1,6-11H2. The molecule has 0 spiro atoms. The number of ether oxygens (including phenoxy) is 1. The molecule has 0 aromatic heterocycles. The Morgan fingerprint density at radius 2 is 2.00 bits per heavy atom. The van der Waals surface area contributed by atoms with Gasteiger partial charge in [-0.05, 0) is 31.2 Å². The molecule has 0 saturated carbocycles. The van der Waals surface area contributed by atoms with E-state index in [1.54, 1.807) is 0 Å². The van der Waals surface area contributed by atoms with Gasteiger partial charge in [0.05, 0.1) is 18.8 Å². The van der Waals surface area contributed by atoms with Crippen molar-refractivity contribution in [3.05, 3.63) is 29.8 Å². The number of alkyl halides is 3. The van der Waals surface area contributed by atoms with Crippen molar-refractivity contribution in [2.75, 3.05) is 44.7 Å². The molecular formula is C14H18F3N2O. The molecule has 0 bridgehead atoms. The van der Waals surface area contributed by atoms with Gasteiger partial charge in [-0.3, -0.25) is 4.90 Å². The Labute approximate surface area is 116 Å². The molecule has 1 radical (unpaired) electrons. The maximum Gasteiger partial charge on any atom is 0.416 e. The van der Waals surface area contributed by atoms with E-state index in [2.05, 4.69) is 16.3 Å². The van der Waals surface area contributed by atoms with Crippen LogP contribution >= 0.6 is 0 Å². The highest BCUT2D eigenvalue weighted by molar-refractivity contribution is 5.43. The number of nitrogens with zero attached hydrogens (tertiary/aromatic N) is 1. The van der Waals surface area contributed by atoms with E-state index in [0.717, 1.165) is 57.9 Å². The Morgan fingerprint density at radius 1 is 1.25 bits per heavy atom. The van der Waals surface area contributed by atoms with Crippen molar-refractivity contribution >= 4 is 5.69 Å². The van der Waals surface area contributed by atoms with E-state index in [1.807, 2.05) is 0 Å². The van der Waals surface area contributed by atoms with Crippen LogP contribution in [-0.4, -0.2) is 44.3 Å². The molecule has 1 saturated heterocycles. The third kappa shape index (κ3) is 4.68. The zero-order valence-corrected chi connectivity index (χ0v) is 11.2. The normalized spacial score (nSPS) is 17.1. The highest BCUT2D eigenvalue weighted by Gasteiger charge is 2.29. The number of hydrogen-bond acceptors (Lipinski definition) is 3. The van der Waals surface area contributed by atoms with Gasteiger partial charge in [-0.1, -0.05) is 0 Å². The summed E-state index contributed by atoms with van der Waals surface area (Å²) in [4.78, 5) is 2.32. The minimum Gasteiger partial charge on any atom is -0.384 e. The summed E-state index contributed by atoms with van der Waals surface area (Å²) in [5.74, 6) is 0. The van der Waals surface area contributed by atoms with E-state index < -0.39 is 11.7 Å². The molecule has 1 aromatic rings. The lowest BCUT2D eigenvalue weighted by molar-refractivity contribution is -0.137. The molecule has 1 N–H and O–H groups in total. The Balaban J connectivity index is 1.68. The molecule has 1 aromatic carbocycles. The first-order valence-corrected chi connectivity index (χ1v) is 6.68. The maximum absolute atomic E-state index is 12.4. The molecule has 1 aliphatic heterocycles. The average Bonchev–Trinajstić information content (AvgIpc) is 2.44. The summed E-state index contributed by atoms with van der Waals surface area (Å²) in [5, 5.41) is 3.08. The van der Waals surface area contributed by atoms with Gasteiger partial charge in [0.2, 0.25) is 0 Å². The molecule has 1 fully saturated rings. The molecule has 0 aliphatic carbocycles. The van der Waals surface area contributed by atoms with Crippen LogP contribution < -0.4 is 5.32 Å². The van der Waals surface area contributed by atoms with Crippen molar-refractivity contribution in [2.45, 2.75) is 12.6 Å². The molecule has 3 nitrogen and oxygen atoms in total. The van der Waals surface area contributed by atoms with Crippen LogP contribution in [0.5, 0.6) is 0 Å². The van der Waals surface area contributed by atoms with Crippen LogP contribution in [0.25, 0.3) is 0 Å². The summed E-state index contributed by atoms with van der Waals surface area (Å²) < 4.78 is 42.4. The number of nitrogens with one attached hydrogen (secondary N) is 1. The van der Waals surface area contributed by atoms with Crippen LogP contribution in [0.15, 0.2) is 18.2 Å². The van der Waals surface area contributed by atoms with Crippen LogP contribution in [0.1, 0.15) is 12.0 Å². The lowest BCUT2D eigenvalue weighted by Crippen LogP contribution is -2.37. The number of hydrogen-bond donors (Lipinski definition) is 1. The van der Waals surface area contributed by atoms with E-state index in [4.69, 9.17) is 4.74 Å². The van der Waals surface area contributed by atoms with E-state index in [1.165, 1.54) is 6.07 Å². The van der Waals surface area contributed by atoms with Gasteiger partial charge in [-0.25, -0.2) is 0 Å². The Hall–Kier alpha value is -1.27. The van der Waals surface area contributed by atoms with Gasteiger partial charge in [0.1, 0.15) is 0 Å². The van der Waals surface area contributed by atoms with Crippen molar-refractivity contribution in [3.8, 4) is 0 Å². The third-order valence-corrected chi connectivity index (χ3v) is 3.21. The summed E-state index contributed by atoms with van der Waals surface area (Å²) in [6.07, 6.45) is -3.36. The number of anilines is 1. The van der Waals surface area contributed by atoms with Gasteiger partial charge in [-0.15, -0.1) is 0 Å². The van der Waals surface area contributed by atoms with E-state index >= 15 is 0 Å². The fourth-order valence-corrected chi connectivity index (χ4v) is 2.06. The summed E-state index contributed by atoms with van der Waals surface area (Å²) in [6.45, 7) is 5.15. The molecule has 20 heavy (non-hydrogen) atoms. The summed E-state index contributed by atoms with van der Waals surface area (Å²) >= 11 is 0. The first-order valence-electron chi connectivity index (χ1n) is 6.68. The second kappa shape index (κ2) is 6.95. The maximum atomic E-state index is 12.4. The largest absolute Gasteiger partial charge is 0.416 e. The molecule has 6 heteroatoms. The van der Waals surface area contributed by atoms with E-state index in [0.29, 0.717) is 5.69 Å². The first kappa shape index (κ1) is 15.1. The predicted molar refractivity (Wildman–Crippen MR) is 70.6 cm³/mol. The van der Waals surface area contributed by atoms with Gasteiger partial charge in [-0.2, -0.15) is 13.2 Å². The molecule has 0 unspecified atom stereocenters. The van der Waals surface area contributed by atoms with Crippen molar-refractivity contribution in [3.63, 3.8) is 0 Å².